The van der Waals surface area contributed by atoms with Crippen molar-refractivity contribution >= 4 is 17.3 Å². The van der Waals surface area contributed by atoms with Crippen molar-refractivity contribution in [2.45, 2.75) is 38.5 Å². The molecule has 0 aromatic carbocycles. The maximum atomic E-state index is 11.9. The van der Waals surface area contributed by atoms with Crippen molar-refractivity contribution in [2.24, 2.45) is 5.92 Å². The third-order valence-corrected chi connectivity index (χ3v) is 4.16. The molecule has 0 bridgehead atoms. The van der Waals surface area contributed by atoms with E-state index in [9.17, 15) is 9.35 Å². The lowest BCUT2D eigenvalue weighted by Gasteiger charge is -2.45. The summed E-state index contributed by atoms with van der Waals surface area (Å²) in [5.41, 5.74) is 0. The minimum absolute atomic E-state index is 0.0961. The van der Waals surface area contributed by atoms with Gasteiger partial charge in [-0.25, -0.2) is 0 Å². The fourth-order valence-electron chi connectivity index (χ4n) is 1.53. The van der Waals surface area contributed by atoms with Crippen molar-refractivity contribution in [1.82, 2.24) is 4.31 Å². The summed E-state index contributed by atoms with van der Waals surface area (Å²) in [6.45, 7) is 8.04. The molecule has 3 atom stereocenters. The molecular weight excluding hydrogens is 202 g/mol. The normalized spacial score (nSPS) is 30.9. The van der Waals surface area contributed by atoms with Crippen molar-refractivity contribution in [2.75, 3.05) is 6.54 Å². The first-order valence-corrected chi connectivity index (χ1v) is 5.77. The van der Waals surface area contributed by atoms with Gasteiger partial charge in [-0.15, -0.1) is 4.31 Å². The Hall–Kier alpha value is -0.260. The monoisotopic (exact) mass is 219 g/mol. The first kappa shape index (κ1) is 11.8. The minimum Gasteiger partial charge on any atom is -0.597 e. The van der Waals surface area contributed by atoms with Gasteiger partial charge in [0.15, 0.2) is 6.04 Å². The van der Waals surface area contributed by atoms with E-state index in [0.717, 1.165) is 0 Å². The molecule has 0 radical (unpaired) electrons. The lowest BCUT2D eigenvalue weighted by molar-refractivity contribution is -0.147. The second kappa shape index (κ2) is 3.72. The van der Waals surface area contributed by atoms with Crippen LogP contribution in [0.3, 0.4) is 0 Å². The summed E-state index contributed by atoms with van der Waals surface area (Å²) in [6, 6.07) is -0.574. The van der Waals surface area contributed by atoms with Crippen molar-refractivity contribution in [3.8, 4) is 0 Å². The second-order valence-electron chi connectivity index (χ2n) is 4.72. The molecule has 0 spiro atoms. The topological polar surface area (TPSA) is 63.6 Å². The maximum absolute atomic E-state index is 11.9. The molecule has 0 aliphatic carbocycles. The number of carboxylic acid groups (broad SMARTS) is 1. The largest absolute Gasteiger partial charge is 0.597 e. The van der Waals surface area contributed by atoms with Gasteiger partial charge in [-0.2, -0.15) is 0 Å². The summed E-state index contributed by atoms with van der Waals surface area (Å²) in [5.74, 6) is -0.778. The Labute approximate surface area is 87.6 Å². The van der Waals surface area contributed by atoms with E-state index in [1.807, 2.05) is 27.7 Å². The van der Waals surface area contributed by atoms with Crippen molar-refractivity contribution in [3.05, 3.63) is 0 Å². The summed E-state index contributed by atoms with van der Waals surface area (Å²) >= 11 is -1.21. The Balaban J connectivity index is 2.68. The highest BCUT2D eigenvalue weighted by atomic mass is 32.2. The number of rotatable bonds is 2. The summed E-state index contributed by atoms with van der Waals surface area (Å²) in [4.78, 5) is 10.9. The predicted molar refractivity (Wildman–Crippen MR) is 55.2 cm³/mol. The van der Waals surface area contributed by atoms with Crippen molar-refractivity contribution < 1.29 is 14.5 Å². The Morgan fingerprint density at radius 1 is 1.57 bits per heavy atom. The predicted octanol–water partition coefficient (Wildman–Crippen LogP) is 0.853. The van der Waals surface area contributed by atoms with Gasteiger partial charge < -0.3 is 9.66 Å². The molecule has 4 nitrogen and oxygen atoms in total. The third kappa shape index (κ3) is 2.04. The fraction of sp³-hybridized carbons (Fsp3) is 0.889. The summed E-state index contributed by atoms with van der Waals surface area (Å²) in [7, 11) is 0. The zero-order valence-electron chi connectivity index (χ0n) is 8.98. The van der Waals surface area contributed by atoms with Gasteiger partial charge in [0.1, 0.15) is 4.75 Å². The average molecular weight is 219 g/mol. The summed E-state index contributed by atoms with van der Waals surface area (Å²) in [6.07, 6.45) is 0. The van der Waals surface area contributed by atoms with Crippen molar-refractivity contribution in [3.63, 3.8) is 0 Å². The van der Waals surface area contributed by atoms with E-state index < -0.39 is 23.4 Å². The summed E-state index contributed by atoms with van der Waals surface area (Å²) in [5, 5.41) is 8.91. The van der Waals surface area contributed by atoms with Crippen LogP contribution >= 0.6 is 0 Å². The molecule has 1 N–H and O–H groups in total. The van der Waals surface area contributed by atoms with E-state index >= 15 is 0 Å². The van der Waals surface area contributed by atoms with Gasteiger partial charge in [0.05, 0.1) is 6.54 Å². The first-order valence-electron chi connectivity index (χ1n) is 4.66. The first-order chi connectivity index (χ1) is 6.25. The zero-order valence-corrected chi connectivity index (χ0v) is 9.80. The van der Waals surface area contributed by atoms with Gasteiger partial charge in [0.2, 0.25) is 0 Å². The maximum Gasteiger partial charge on any atom is 0.325 e. The van der Waals surface area contributed by atoms with Crippen LogP contribution < -0.4 is 0 Å². The Morgan fingerprint density at radius 3 is 2.36 bits per heavy atom. The molecule has 0 amide bonds. The van der Waals surface area contributed by atoms with Gasteiger partial charge in [-0.3, -0.25) is 4.79 Å². The SMILES string of the molecule is C[C@@H]1CN([S@+]([O-])C(C)(C)C)[C@H]1C(=O)O. The van der Waals surface area contributed by atoms with Crippen LogP contribution in [0.2, 0.25) is 0 Å². The number of carboxylic acids is 1. The highest BCUT2D eigenvalue weighted by Gasteiger charge is 2.51. The lowest BCUT2D eigenvalue weighted by atomic mass is 9.94. The van der Waals surface area contributed by atoms with Gasteiger partial charge in [-0.05, 0) is 20.8 Å². The van der Waals surface area contributed by atoms with Gasteiger partial charge in [0.25, 0.3) is 0 Å². The smallest absolute Gasteiger partial charge is 0.325 e. The van der Waals surface area contributed by atoms with Crippen molar-refractivity contribution in [1.29, 1.82) is 0 Å². The van der Waals surface area contributed by atoms with Crippen LogP contribution in [-0.4, -0.2) is 37.3 Å². The Morgan fingerprint density at radius 2 is 2.07 bits per heavy atom. The molecule has 1 fully saturated rings. The lowest BCUT2D eigenvalue weighted by Crippen LogP contribution is -2.63. The summed E-state index contributed by atoms with van der Waals surface area (Å²) < 4.78 is 13.1. The number of carbonyl (C=O) groups is 1. The molecule has 1 heterocycles. The van der Waals surface area contributed by atoms with E-state index in [4.69, 9.17) is 5.11 Å². The average Bonchev–Trinajstić information content (AvgIpc) is 1.95. The molecule has 82 valence electrons. The van der Waals surface area contributed by atoms with Crippen LogP contribution in [0.15, 0.2) is 0 Å². The minimum atomic E-state index is -1.21. The van der Waals surface area contributed by atoms with E-state index in [1.54, 1.807) is 4.31 Å². The van der Waals surface area contributed by atoms with Crippen LogP contribution in [0.5, 0.6) is 0 Å². The molecule has 0 aromatic heterocycles. The molecule has 1 rings (SSSR count). The number of hydrogen-bond acceptors (Lipinski definition) is 3. The van der Waals surface area contributed by atoms with Gasteiger partial charge in [0, 0.05) is 17.3 Å². The molecule has 5 heteroatoms. The standard InChI is InChI=1S/C9H17NO3S/c1-6-5-10(7(6)8(11)12)14(13)9(2,3)4/h6-7H,5H2,1-4H3,(H,11,12)/t6-,7-,14-/m1/s1. The Kier molecular flexibility index (Phi) is 3.13. The van der Waals surface area contributed by atoms with Crippen LogP contribution in [0, 0.1) is 5.92 Å². The number of hydrogen-bond donors (Lipinski definition) is 1. The highest BCUT2D eigenvalue weighted by Crippen LogP contribution is 2.33. The number of nitrogens with zero attached hydrogens (tertiary/aromatic N) is 1. The molecule has 0 saturated carbocycles. The van der Waals surface area contributed by atoms with E-state index in [0.29, 0.717) is 6.54 Å². The second-order valence-corrected chi connectivity index (χ2v) is 6.91. The Bertz CT molecular complexity index is 239. The fourth-order valence-corrected chi connectivity index (χ4v) is 3.11. The highest BCUT2D eigenvalue weighted by molar-refractivity contribution is 7.90. The third-order valence-electron chi connectivity index (χ3n) is 2.31. The van der Waals surface area contributed by atoms with Crippen LogP contribution in [0.25, 0.3) is 0 Å². The number of aliphatic carboxylic acids is 1. The van der Waals surface area contributed by atoms with Gasteiger partial charge in [-0.1, -0.05) is 6.92 Å². The molecule has 1 aliphatic rings. The van der Waals surface area contributed by atoms with E-state index in [2.05, 4.69) is 0 Å². The van der Waals surface area contributed by atoms with Gasteiger partial charge >= 0.3 is 5.97 Å². The van der Waals surface area contributed by atoms with E-state index in [1.165, 1.54) is 0 Å². The molecule has 1 saturated heterocycles. The van der Waals surface area contributed by atoms with E-state index in [-0.39, 0.29) is 10.7 Å². The molecule has 1 aliphatic heterocycles. The molecule has 0 unspecified atom stereocenters. The molecule has 14 heavy (non-hydrogen) atoms. The molecule has 0 aromatic rings. The van der Waals surface area contributed by atoms with Crippen LogP contribution in [0.1, 0.15) is 27.7 Å². The quantitative estimate of drug-likeness (QED) is 0.699. The zero-order chi connectivity index (χ0) is 11.1. The molecular formula is C9H17NO3S. The van der Waals surface area contributed by atoms with Crippen LogP contribution in [0.4, 0.5) is 0 Å². The van der Waals surface area contributed by atoms with Crippen LogP contribution in [-0.2, 0) is 16.2 Å².